The highest BCUT2D eigenvalue weighted by Gasteiger charge is 2.08. The molecule has 2 rings (SSSR count). The summed E-state index contributed by atoms with van der Waals surface area (Å²) in [5, 5.41) is 9.33. The number of hydrogen-bond donors (Lipinski definition) is 2. The van der Waals surface area contributed by atoms with E-state index in [2.05, 4.69) is 15.5 Å². The molecule has 0 spiro atoms. The van der Waals surface area contributed by atoms with Crippen molar-refractivity contribution in [3.05, 3.63) is 47.3 Å². The van der Waals surface area contributed by atoms with Gasteiger partial charge in [-0.05, 0) is 24.6 Å². The first kappa shape index (κ1) is 12.2. The van der Waals surface area contributed by atoms with E-state index >= 15 is 0 Å². The van der Waals surface area contributed by atoms with Gasteiger partial charge in [0.15, 0.2) is 0 Å². The minimum absolute atomic E-state index is 0.130. The van der Waals surface area contributed by atoms with Crippen molar-refractivity contribution in [3.63, 3.8) is 0 Å². The van der Waals surface area contributed by atoms with Gasteiger partial charge in [0.05, 0.1) is 13.3 Å². The van der Waals surface area contributed by atoms with Crippen LogP contribution in [0.3, 0.4) is 0 Å². The van der Waals surface area contributed by atoms with E-state index in [4.69, 9.17) is 4.74 Å². The highest BCUT2D eigenvalue weighted by atomic mass is 16.5. The molecule has 0 radical (unpaired) electrons. The van der Waals surface area contributed by atoms with Gasteiger partial charge in [-0.15, -0.1) is 0 Å². The number of nitrogens with one attached hydrogen (secondary N) is 2. The summed E-state index contributed by atoms with van der Waals surface area (Å²) in [5.41, 5.74) is 2.52. The normalized spacial score (nSPS) is 10.1. The topological polar surface area (TPSA) is 67.0 Å². The number of aryl methyl sites for hydroxylation is 1. The highest BCUT2D eigenvalue weighted by molar-refractivity contribution is 5.94. The number of benzene rings is 1. The molecule has 0 atom stereocenters. The SMILES string of the molecule is COc1cc(C(=O)NCc2cn[nH]c2)ccc1C. The van der Waals surface area contributed by atoms with Gasteiger partial charge in [-0.1, -0.05) is 6.07 Å². The van der Waals surface area contributed by atoms with Crippen LogP contribution in [0.4, 0.5) is 0 Å². The fourth-order valence-corrected chi connectivity index (χ4v) is 1.62. The molecule has 1 amide bonds. The van der Waals surface area contributed by atoms with E-state index < -0.39 is 0 Å². The summed E-state index contributed by atoms with van der Waals surface area (Å²) in [6.45, 7) is 2.39. The van der Waals surface area contributed by atoms with Gasteiger partial charge in [0.25, 0.3) is 5.91 Å². The summed E-state index contributed by atoms with van der Waals surface area (Å²) in [5.74, 6) is 0.584. The van der Waals surface area contributed by atoms with Crippen molar-refractivity contribution in [2.45, 2.75) is 13.5 Å². The Morgan fingerprint density at radius 1 is 1.50 bits per heavy atom. The van der Waals surface area contributed by atoms with Crippen LogP contribution >= 0.6 is 0 Å². The summed E-state index contributed by atoms with van der Waals surface area (Å²) in [7, 11) is 1.59. The van der Waals surface area contributed by atoms with Crippen LogP contribution in [0, 0.1) is 6.92 Å². The van der Waals surface area contributed by atoms with E-state index in [0.717, 1.165) is 11.1 Å². The number of aromatic nitrogens is 2. The summed E-state index contributed by atoms with van der Waals surface area (Å²) >= 11 is 0. The van der Waals surface area contributed by atoms with Gasteiger partial charge >= 0.3 is 0 Å². The lowest BCUT2D eigenvalue weighted by molar-refractivity contribution is 0.0950. The van der Waals surface area contributed by atoms with Crippen molar-refractivity contribution in [2.24, 2.45) is 0 Å². The molecule has 2 N–H and O–H groups in total. The van der Waals surface area contributed by atoms with Crippen LogP contribution in [0.1, 0.15) is 21.5 Å². The summed E-state index contributed by atoms with van der Waals surface area (Å²) in [6.07, 6.45) is 3.42. The third-order valence-corrected chi connectivity index (χ3v) is 2.68. The molecule has 2 aromatic rings. The minimum Gasteiger partial charge on any atom is -0.496 e. The van der Waals surface area contributed by atoms with Crippen LogP contribution < -0.4 is 10.1 Å². The Morgan fingerprint density at radius 2 is 2.33 bits per heavy atom. The zero-order valence-electron chi connectivity index (χ0n) is 10.4. The number of amides is 1. The average molecular weight is 245 g/mol. The zero-order valence-corrected chi connectivity index (χ0v) is 10.4. The molecule has 1 heterocycles. The third-order valence-electron chi connectivity index (χ3n) is 2.68. The van der Waals surface area contributed by atoms with Crippen LogP contribution in [0.15, 0.2) is 30.6 Å². The number of nitrogens with zero attached hydrogens (tertiary/aromatic N) is 1. The molecule has 0 aliphatic heterocycles. The predicted molar refractivity (Wildman–Crippen MR) is 67.5 cm³/mol. The van der Waals surface area contributed by atoms with E-state index in [1.54, 1.807) is 31.6 Å². The Balaban J connectivity index is 2.04. The predicted octanol–water partition coefficient (Wildman–Crippen LogP) is 1.66. The Labute approximate surface area is 105 Å². The van der Waals surface area contributed by atoms with Crippen molar-refractivity contribution in [2.75, 3.05) is 7.11 Å². The van der Waals surface area contributed by atoms with E-state index in [-0.39, 0.29) is 5.91 Å². The number of carbonyl (C=O) groups is 1. The van der Waals surface area contributed by atoms with Crippen molar-refractivity contribution in [1.29, 1.82) is 0 Å². The number of methoxy groups -OCH3 is 1. The first-order valence-electron chi connectivity index (χ1n) is 5.61. The zero-order chi connectivity index (χ0) is 13.0. The Hall–Kier alpha value is -2.30. The molecule has 18 heavy (non-hydrogen) atoms. The van der Waals surface area contributed by atoms with E-state index in [1.807, 2.05) is 13.0 Å². The first-order valence-corrected chi connectivity index (χ1v) is 5.61. The Bertz CT molecular complexity index is 535. The third kappa shape index (κ3) is 2.68. The van der Waals surface area contributed by atoms with Crippen molar-refractivity contribution < 1.29 is 9.53 Å². The molecule has 0 saturated carbocycles. The molecule has 0 aliphatic rings. The first-order chi connectivity index (χ1) is 8.70. The molecule has 0 unspecified atom stereocenters. The minimum atomic E-state index is -0.130. The smallest absolute Gasteiger partial charge is 0.251 e. The number of hydrogen-bond acceptors (Lipinski definition) is 3. The standard InChI is InChI=1S/C13H15N3O2/c1-9-3-4-11(5-12(9)18-2)13(17)14-6-10-7-15-16-8-10/h3-5,7-8H,6H2,1-2H3,(H,14,17)(H,15,16). The maximum Gasteiger partial charge on any atom is 0.251 e. The fraction of sp³-hybridized carbons (Fsp3) is 0.231. The highest BCUT2D eigenvalue weighted by Crippen LogP contribution is 2.18. The van der Waals surface area contributed by atoms with Crippen molar-refractivity contribution in [1.82, 2.24) is 15.5 Å². The second-order valence-corrected chi connectivity index (χ2v) is 3.97. The lowest BCUT2D eigenvalue weighted by Crippen LogP contribution is -2.22. The summed E-state index contributed by atoms with van der Waals surface area (Å²) in [6, 6.07) is 5.38. The largest absolute Gasteiger partial charge is 0.496 e. The Morgan fingerprint density at radius 3 is 3.00 bits per heavy atom. The maximum absolute atomic E-state index is 11.9. The van der Waals surface area contributed by atoms with Crippen LogP contribution in [0.5, 0.6) is 5.75 Å². The number of aromatic amines is 1. The monoisotopic (exact) mass is 245 g/mol. The molecule has 0 saturated heterocycles. The number of H-pyrrole nitrogens is 1. The van der Waals surface area contributed by atoms with Gasteiger partial charge in [-0.2, -0.15) is 5.10 Å². The lowest BCUT2D eigenvalue weighted by Gasteiger charge is -2.08. The number of carbonyl (C=O) groups excluding carboxylic acids is 1. The van der Waals surface area contributed by atoms with E-state index in [1.165, 1.54) is 0 Å². The molecular formula is C13H15N3O2. The van der Waals surface area contributed by atoms with Crippen LogP contribution in [0.25, 0.3) is 0 Å². The Kier molecular flexibility index (Phi) is 3.62. The summed E-state index contributed by atoms with van der Waals surface area (Å²) < 4.78 is 5.19. The maximum atomic E-state index is 11.9. The van der Waals surface area contributed by atoms with Crippen LogP contribution in [-0.2, 0) is 6.54 Å². The lowest BCUT2D eigenvalue weighted by atomic mass is 10.1. The quantitative estimate of drug-likeness (QED) is 0.860. The van der Waals surface area contributed by atoms with Crippen molar-refractivity contribution in [3.8, 4) is 5.75 Å². The van der Waals surface area contributed by atoms with Crippen LogP contribution in [0.2, 0.25) is 0 Å². The molecule has 94 valence electrons. The van der Waals surface area contributed by atoms with E-state index in [0.29, 0.717) is 17.9 Å². The van der Waals surface area contributed by atoms with Gasteiger partial charge in [0, 0.05) is 23.9 Å². The van der Waals surface area contributed by atoms with Crippen molar-refractivity contribution >= 4 is 5.91 Å². The van der Waals surface area contributed by atoms with Gasteiger partial charge in [0.1, 0.15) is 5.75 Å². The van der Waals surface area contributed by atoms with Gasteiger partial charge in [0.2, 0.25) is 0 Å². The molecule has 0 fully saturated rings. The molecule has 0 aliphatic carbocycles. The molecular weight excluding hydrogens is 230 g/mol. The molecule has 5 heteroatoms. The van der Waals surface area contributed by atoms with Crippen LogP contribution in [-0.4, -0.2) is 23.2 Å². The average Bonchev–Trinajstić information content (AvgIpc) is 2.89. The molecule has 5 nitrogen and oxygen atoms in total. The second kappa shape index (κ2) is 5.35. The van der Waals surface area contributed by atoms with Gasteiger partial charge < -0.3 is 10.1 Å². The number of ether oxygens (including phenoxy) is 1. The molecule has 1 aromatic carbocycles. The number of rotatable bonds is 4. The fourth-order valence-electron chi connectivity index (χ4n) is 1.62. The molecule has 0 bridgehead atoms. The van der Waals surface area contributed by atoms with Gasteiger partial charge in [-0.25, -0.2) is 0 Å². The van der Waals surface area contributed by atoms with E-state index in [9.17, 15) is 4.79 Å². The second-order valence-electron chi connectivity index (χ2n) is 3.97. The summed E-state index contributed by atoms with van der Waals surface area (Å²) in [4.78, 5) is 11.9. The van der Waals surface area contributed by atoms with Gasteiger partial charge in [-0.3, -0.25) is 9.89 Å². The molecule has 1 aromatic heterocycles.